The smallest absolute Gasteiger partial charge is 0.309 e. The number of imide groups is 4. The third-order valence-corrected chi connectivity index (χ3v) is 7.75. The van der Waals surface area contributed by atoms with Crippen molar-refractivity contribution in [3.8, 4) is 0 Å². The van der Waals surface area contributed by atoms with Crippen molar-refractivity contribution >= 4 is 71.0 Å². The maximum absolute atomic E-state index is 14.3. The number of likely N-dealkylation sites (tertiary alicyclic amines) is 2. The van der Waals surface area contributed by atoms with Crippen molar-refractivity contribution in [2.75, 3.05) is 19.6 Å². The fourth-order valence-electron chi connectivity index (χ4n) is 5.70. The van der Waals surface area contributed by atoms with Crippen LogP contribution in [0.15, 0.2) is 24.3 Å². The Hall–Kier alpha value is -6.08. The van der Waals surface area contributed by atoms with Crippen LogP contribution in [0.2, 0.25) is 0 Å². The van der Waals surface area contributed by atoms with Crippen LogP contribution in [0, 0.1) is 0 Å². The molecular weight excluding hydrogens is 644 g/mol. The van der Waals surface area contributed by atoms with Crippen molar-refractivity contribution in [1.82, 2.24) is 29.6 Å². The van der Waals surface area contributed by atoms with Crippen LogP contribution in [-0.2, 0) is 57.5 Å². The standard InChI is InChI=1S/C28H28N6O14/c35-16-1-2-17(36)29(16)12-9-20(39)31(14-11-26(45)46)34(25(44)10-13-30-18(37)3-4-19(30)38)28(15-27(47)48,32-21(40)5-6-22(32)41)33-23(42)7-8-24(33)43/h1-4H,5-15H2,(H,45,46)(H,47,48). The normalized spacial score (nSPS) is 17.9. The number of amides is 10. The lowest BCUT2D eigenvalue weighted by atomic mass is 10.1. The summed E-state index contributed by atoms with van der Waals surface area (Å²) in [6.45, 7) is -2.33. The number of carbonyl (C=O) groups is 12. The van der Waals surface area contributed by atoms with E-state index in [0.29, 0.717) is 14.8 Å². The van der Waals surface area contributed by atoms with E-state index in [0.717, 1.165) is 24.3 Å². The first-order chi connectivity index (χ1) is 22.6. The zero-order chi connectivity index (χ0) is 35.5. The first-order valence-electron chi connectivity index (χ1n) is 14.5. The van der Waals surface area contributed by atoms with Crippen LogP contribution in [-0.4, -0.2) is 136 Å². The zero-order valence-corrected chi connectivity index (χ0v) is 25.1. The Bertz CT molecular complexity index is 1510. The molecule has 0 spiro atoms. The second-order valence-electron chi connectivity index (χ2n) is 10.8. The molecule has 0 aromatic rings. The van der Waals surface area contributed by atoms with Gasteiger partial charge in [0.2, 0.25) is 41.2 Å². The summed E-state index contributed by atoms with van der Waals surface area (Å²) in [6.07, 6.45) is -2.93. The van der Waals surface area contributed by atoms with Gasteiger partial charge in [-0.3, -0.25) is 67.3 Å². The van der Waals surface area contributed by atoms with Crippen molar-refractivity contribution in [3.05, 3.63) is 24.3 Å². The van der Waals surface area contributed by atoms with Gasteiger partial charge in [0.25, 0.3) is 23.6 Å². The highest BCUT2D eigenvalue weighted by molar-refractivity contribution is 6.14. The van der Waals surface area contributed by atoms with Crippen molar-refractivity contribution in [2.45, 2.75) is 57.2 Å². The molecule has 0 aliphatic carbocycles. The summed E-state index contributed by atoms with van der Waals surface area (Å²) in [7, 11) is 0. The summed E-state index contributed by atoms with van der Waals surface area (Å²) in [5, 5.41) is 20.2. The molecule has 0 radical (unpaired) electrons. The van der Waals surface area contributed by atoms with Crippen LogP contribution in [0.3, 0.4) is 0 Å². The first kappa shape index (κ1) is 34.8. The second kappa shape index (κ2) is 13.7. The number of hydrogen-bond acceptors (Lipinski definition) is 12. The van der Waals surface area contributed by atoms with Gasteiger partial charge in [-0.15, -0.1) is 0 Å². The monoisotopic (exact) mass is 672 g/mol. The molecule has 4 aliphatic rings. The molecule has 4 aliphatic heterocycles. The Morgan fingerprint density at radius 3 is 1.31 bits per heavy atom. The van der Waals surface area contributed by atoms with Crippen molar-refractivity contribution in [1.29, 1.82) is 0 Å². The van der Waals surface area contributed by atoms with Gasteiger partial charge in [-0.25, -0.2) is 19.8 Å². The summed E-state index contributed by atoms with van der Waals surface area (Å²) >= 11 is 0. The molecule has 4 rings (SSSR count). The molecule has 48 heavy (non-hydrogen) atoms. The van der Waals surface area contributed by atoms with Crippen LogP contribution in [0.1, 0.15) is 51.4 Å². The van der Waals surface area contributed by atoms with Crippen LogP contribution < -0.4 is 0 Å². The van der Waals surface area contributed by atoms with Gasteiger partial charge in [-0.2, -0.15) is 0 Å². The Morgan fingerprint density at radius 1 is 0.583 bits per heavy atom. The summed E-state index contributed by atoms with van der Waals surface area (Å²) in [4.78, 5) is 156. The van der Waals surface area contributed by atoms with E-state index in [9.17, 15) is 67.7 Å². The molecule has 0 atom stereocenters. The predicted octanol–water partition coefficient (Wildman–Crippen LogP) is -2.91. The number of aliphatic carboxylic acids is 2. The highest BCUT2D eigenvalue weighted by Gasteiger charge is 2.63. The van der Waals surface area contributed by atoms with E-state index < -0.39 is 148 Å². The summed E-state index contributed by atoms with van der Waals surface area (Å²) in [5.74, 6) is -17.3. The van der Waals surface area contributed by atoms with Gasteiger partial charge in [0.05, 0.1) is 13.0 Å². The second-order valence-corrected chi connectivity index (χ2v) is 10.8. The third-order valence-electron chi connectivity index (χ3n) is 7.75. The largest absolute Gasteiger partial charge is 0.481 e. The van der Waals surface area contributed by atoms with E-state index >= 15 is 0 Å². The van der Waals surface area contributed by atoms with E-state index in [2.05, 4.69) is 0 Å². The molecule has 0 aromatic heterocycles. The fraction of sp³-hybridized carbons (Fsp3) is 0.429. The van der Waals surface area contributed by atoms with E-state index in [-0.39, 0.29) is 14.8 Å². The lowest BCUT2D eigenvalue weighted by molar-refractivity contribution is -0.233. The summed E-state index contributed by atoms with van der Waals surface area (Å²) in [5.41, 5.74) is 0. The summed E-state index contributed by atoms with van der Waals surface area (Å²) < 4.78 is 0. The van der Waals surface area contributed by atoms with Crippen LogP contribution in [0.25, 0.3) is 0 Å². The van der Waals surface area contributed by atoms with E-state index in [4.69, 9.17) is 0 Å². The number of hydrazine groups is 1. The molecule has 2 N–H and O–H groups in total. The number of carboxylic acid groups (broad SMARTS) is 2. The number of nitrogens with zero attached hydrogens (tertiary/aromatic N) is 6. The molecule has 0 bridgehead atoms. The molecule has 10 amide bonds. The van der Waals surface area contributed by atoms with Gasteiger partial charge in [0.15, 0.2) is 0 Å². The molecule has 20 heteroatoms. The molecule has 20 nitrogen and oxygen atoms in total. The molecule has 4 heterocycles. The molecule has 0 saturated carbocycles. The minimum Gasteiger partial charge on any atom is -0.481 e. The lowest BCUT2D eigenvalue weighted by Crippen LogP contribution is -2.77. The highest BCUT2D eigenvalue weighted by Crippen LogP contribution is 2.39. The third kappa shape index (κ3) is 6.57. The maximum Gasteiger partial charge on any atom is 0.309 e. The van der Waals surface area contributed by atoms with Crippen molar-refractivity contribution in [3.63, 3.8) is 0 Å². The highest BCUT2D eigenvalue weighted by atomic mass is 16.4. The number of rotatable bonds is 14. The number of hydrogen-bond donors (Lipinski definition) is 2. The first-order valence-corrected chi connectivity index (χ1v) is 14.5. The predicted molar refractivity (Wildman–Crippen MR) is 149 cm³/mol. The maximum atomic E-state index is 14.3. The van der Waals surface area contributed by atoms with E-state index in [1.54, 1.807) is 0 Å². The van der Waals surface area contributed by atoms with E-state index in [1.807, 2.05) is 0 Å². The van der Waals surface area contributed by atoms with Gasteiger partial charge < -0.3 is 10.2 Å². The Kier molecular flexibility index (Phi) is 9.95. The number of carbonyl (C=O) groups excluding carboxylic acids is 10. The van der Waals surface area contributed by atoms with Gasteiger partial charge >= 0.3 is 11.9 Å². The minimum atomic E-state index is -3.23. The fourth-order valence-corrected chi connectivity index (χ4v) is 5.70. The SMILES string of the molecule is O=C(O)CCN(C(=O)CCN1C(=O)C=CC1=O)N(C(=O)CCN1C(=O)C=CC1=O)C(CC(=O)O)(N1C(=O)CCC1=O)N1C(=O)CCC1=O. The average molecular weight is 673 g/mol. The molecule has 2 fully saturated rings. The van der Waals surface area contributed by atoms with Gasteiger partial charge in [0, 0.05) is 75.9 Å². The van der Waals surface area contributed by atoms with E-state index in [1.165, 1.54) is 0 Å². The Balaban J connectivity index is 1.92. The Morgan fingerprint density at radius 2 is 0.958 bits per heavy atom. The molecule has 0 unspecified atom stereocenters. The van der Waals surface area contributed by atoms with Gasteiger partial charge in [0.1, 0.15) is 6.42 Å². The Labute approximate surface area is 269 Å². The van der Waals surface area contributed by atoms with Crippen LogP contribution in [0.4, 0.5) is 0 Å². The van der Waals surface area contributed by atoms with Crippen LogP contribution in [0.5, 0.6) is 0 Å². The lowest BCUT2D eigenvalue weighted by Gasteiger charge is -2.54. The average Bonchev–Trinajstić information content (AvgIpc) is 3.73. The molecule has 2 saturated heterocycles. The van der Waals surface area contributed by atoms with Gasteiger partial charge in [-0.1, -0.05) is 0 Å². The van der Waals surface area contributed by atoms with Crippen LogP contribution >= 0.6 is 0 Å². The van der Waals surface area contributed by atoms with Gasteiger partial charge in [-0.05, 0) is 0 Å². The zero-order valence-electron chi connectivity index (χ0n) is 25.1. The van der Waals surface area contributed by atoms with Crippen molar-refractivity contribution in [2.24, 2.45) is 0 Å². The molecule has 254 valence electrons. The quantitative estimate of drug-likeness (QED) is 0.138. The van der Waals surface area contributed by atoms with Crippen molar-refractivity contribution < 1.29 is 67.7 Å². The number of carboxylic acids is 2. The molecular formula is C28H28N6O14. The topological polar surface area (TPSA) is 265 Å². The molecule has 0 aromatic carbocycles. The minimum absolute atomic E-state index is 0.180. The summed E-state index contributed by atoms with van der Waals surface area (Å²) in [6, 6.07) is 0.